The van der Waals surface area contributed by atoms with Crippen LogP contribution in [0.15, 0.2) is 10.5 Å². The molecule has 0 saturated heterocycles. The first-order chi connectivity index (χ1) is 7.58. The second-order valence-electron chi connectivity index (χ2n) is 3.86. The van der Waals surface area contributed by atoms with E-state index >= 15 is 0 Å². The minimum atomic E-state index is 0.113. The van der Waals surface area contributed by atoms with E-state index in [1.807, 2.05) is 26.8 Å². The number of aryl methyl sites for hydroxylation is 3. The summed E-state index contributed by atoms with van der Waals surface area (Å²) in [5.74, 6) is 2.48. The number of nitrogens with one attached hydrogen (secondary N) is 1. The number of anilines is 1. The fourth-order valence-corrected chi connectivity index (χ4v) is 1.70. The highest BCUT2D eigenvalue weighted by molar-refractivity contribution is 5.32. The molecular formula is C10H15N5O. The molecule has 0 amide bonds. The number of tetrazole rings is 1. The van der Waals surface area contributed by atoms with E-state index in [-0.39, 0.29) is 6.04 Å². The van der Waals surface area contributed by atoms with Crippen LogP contribution in [0, 0.1) is 13.8 Å². The van der Waals surface area contributed by atoms with E-state index < -0.39 is 0 Å². The normalized spacial score (nSPS) is 12.8. The van der Waals surface area contributed by atoms with Crippen LogP contribution in [0.25, 0.3) is 0 Å². The molecule has 0 fully saturated rings. The zero-order chi connectivity index (χ0) is 11.7. The van der Waals surface area contributed by atoms with E-state index in [2.05, 4.69) is 20.8 Å². The molecule has 1 unspecified atom stereocenters. The van der Waals surface area contributed by atoms with Crippen molar-refractivity contribution in [1.29, 1.82) is 0 Å². The second-order valence-corrected chi connectivity index (χ2v) is 3.86. The van der Waals surface area contributed by atoms with E-state index in [0.29, 0.717) is 5.95 Å². The first-order valence-electron chi connectivity index (χ1n) is 5.13. The molecule has 0 spiro atoms. The lowest BCUT2D eigenvalue weighted by Gasteiger charge is -2.12. The van der Waals surface area contributed by atoms with Gasteiger partial charge in [0.25, 0.3) is 0 Å². The summed E-state index contributed by atoms with van der Waals surface area (Å²) >= 11 is 0. The Labute approximate surface area is 93.6 Å². The largest absolute Gasteiger partial charge is 0.466 e. The molecule has 6 nitrogen and oxygen atoms in total. The van der Waals surface area contributed by atoms with Crippen LogP contribution in [0.2, 0.25) is 0 Å². The molecule has 2 aromatic heterocycles. The number of rotatable bonds is 3. The van der Waals surface area contributed by atoms with Gasteiger partial charge in [0.1, 0.15) is 11.5 Å². The van der Waals surface area contributed by atoms with Gasteiger partial charge in [0.2, 0.25) is 5.95 Å². The Hall–Kier alpha value is -1.85. The Morgan fingerprint density at radius 2 is 2.19 bits per heavy atom. The predicted octanol–water partition coefficient (Wildman–Crippen LogP) is 1.59. The highest BCUT2D eigenvalue weighted by Gasteiger charge is 2.14. The molecule has 0 aromatic carbocycles. The van der Waals surface area contributed by atoms with Gasteiger partial charge in [-0.1, -0.05) is 5.10 Å². The van der Waals surface area contributed by atoms with Crippen LogP contribution in [0.5, 0.6) is 0 Å². The lowest BCUT2D eigenvalue weighted by atomic mass is 10.1. The fourth-order valence-electron chi connectivity index (χ4n) is 1.70. The molecule has 0 aliphatic heterocycles. The molecule has 2 rings (SSSR count). The van der Waals surface area contributed by atoms with Crippen LogP contribution in [0.3, 0.4) is 0 Å². The van der Waals surface area contributed by atoms with Crippen LogP contribution in [0.1, 0.15) is 30.0 Å². The maximum Gasteiger partial charge on any atom is 0.243 e. The SMILES string of the molecule is Cc1cc(C(C)Nc2nnnn2C)c(C)o1. The summed E-state index contributed by atoms with van der Waals surface area (Å²) in [5, 5.41) is 14.4. The Morgan fingerprint density at radius 3 is 2.69 bits per heavy atom. The van der Waals surface area contributed by atoms with Gasteiger partial charge >= 0.3 is 0 Å². The van der Waals surface area contributed by atoms with Crippen LogP contribution >= 0.6 is 0 Å². The molecule has 1 atom stereocenters. The summed E-state index contributed by atoms with van der Waals surface area (Å²) in [6.07, 6.45) is 0. The maximum absolute atomic E-state index is 5.49. The van der Waals surface area contributed by atoms with E-state index in [1.165, 1.54) is 0 Å². The predicted molar refractivity (Wildman–Crippen MR) is 59.0 cm³/mol. The Bertz CT molecular complexity index is 487. The second kappa shape index (κ2) is 3.96. The third kappa shape index (κ3) is 1.91. The molecule has 0 saturated carbocycles. The van der Waals surface area contributed by atoms with Gasteiger partial charge in [-0.2, -0.15) is 0 Å². The summed E-state index contributed by atoms with van der Waals surface area (Å²) < 4.78 is 7.08. The molecule has 2 heterocycles. The molecule has 0 aliphatic carbocycles. The van der Waals surface area contributed by atoms with Gasteiger partial charge in [-0.15, -0.1) is 0 Å². The summed E-state index contributed by atoms with van der Waals surface area (Å²) in [5.41, 5.74) is 1.13. The molecule has 16 heavy (non-hydrogen) atoms. The maximum atomic E-state index is 5.49. The van der Waals surface area contributed by atoms with Crippen LogP contribution in [-0.2, 0) is 7.05 Å². The summed E-state index contributed by atoms with van der Waals surface area (Å²) in [7, 11) is 1.79. The summed E-state index contributed by atoms with van der Waals surface area (Å²) in [6, 6.07) is 2.14. The monoisotopic (exact) mass is 221 g/mol. The average molecular weight is 221 g/mol. The molecular weight excluding hydrogens is 206 g/mol. The Morgan fingerprint density at radius 1 is 1.44 bits per heavy atom. The molecule has 2 aromatic rings. The first kappa shape index (κ1) is 10.7. The Balaban J connectivity index is 2.17. The van der Waals surface area contributed by atoms with Crippen LogP contribution < -0.4 is 5.32 Å². The minimum Gasteiger partial charge on any atom is -0.466 e. The van der Waals surface area contributed by atoms with Gasteiger partial charge in [0.05, 0.1) is 6.04 Å². The number of furan rings is 1. The quantitative estimate of drug-likeness (QED) is 0.852. The minimum absolute atomic E-state index is 0.113. The number of nitrogens with zero attached hydrogens (tertiary/aromatic N) is 4. The van der Waals surface area contributed by atoms with Crippen molar-refractivity contribution in [2.45, 2.75) is 26.8 Å². The summed E-state index contributed by atoms with van der Waals surface area (Å²) in [6.45, 7) is 5.94. The third-order valence-electron chi connectivity index (χ3n) is 2.51. The van der Waals surface area contributed by atoms with Crippen LogP contribution in [-0.4, -0.2) is 20.2 Å². The number of aromatic nitrogens is 4. The average Bonchev–Trinajstić information content (AvgIpc) is 2.74. The van der Waals surface area contributed by atoms with E-state index in [1.54, 1.807) is 11.7 Å². The van der Waals surface area contributed by atoms with Gasteiger partial charge < -0.3 is 9.73 Å². The Kier molecular flexibility index (Phi) is 2.64. The van der Waals surface area contributed by atoms with E-state index in [9.17, 15) is 0 Å². The van der Waals surface area contributed by atoms with Crippen molar-refractivity contribution < 1.29 is 4.42 Å². The lowest BCUT2D eigenvalue weighted by molar-refractivity contribution is 0.499. The standard InChI is InChI=1S/C10H15N5O/c1-6-5-9(8(3)16-6)7(2)11-10-12-13-14-15(10)4/h5,7H,1-4H3,(H,11,12,14). The van der Waals surface area contributed by atoms with Gasteiger partial charge in [-0.25, -0.2) is 4.68 Å². The molecule has 0 bridgehead atoms. The van der Waals surface area contributed by atoms with Crippen molar-refractivity contribution >= 4 is 5.95 Å². The van der Waals surface area contributed by atoms with Gasteiger partial charge in [-0.3, -0.25) is 0 Å². The third-order valence-corrected chi connectivity index (χ3v) is 2.51. The van der Waals surface area contributed by atoms with E-state index in [0.717, 1.165) is 17.1 Å². The molecule has 0 radical (unpaired) electrons. The number of hydrogen-bond donors (Lipinski definition) is 1. The lowest BCUT2D eigenvalue weighted by Crippen LogP contribution is -2.11. The van der Waals surface area contributed by atoms with E-state index in [4.69, 9.17) is 4.42 Å². The smallest absolute Gasteiger partial charge is 0.243 e. The van der Waals surface area contributed by atoms with Crippen LogP contribution in [0.4, 0.5) is 5.95 Å². The highest BCUT2D eigenvalue weighted by atomic mass is 16.3. The van der Waals surface area contributed by atoms with Crippen molar-refractivity contribution in [1.82, 2.24) is 20.2 Å². The topological polar surface area (TPSA) is 68.8 Å². The van der Waals surface area contributed by atoms with Crippen molar-refractivity contribution in [3.05, 3.63) is 23.2 Å². The van der Waals surface area contributed by atoms with Crippen molar-refractivity contribution in [2.75, 3.05) is 5.32 Å². The summed E-state index contributed by atoms with van der Waals surface area (Å²) in [4.78, 5) is 0. The first-order valence-corrected chi connectivity index (χ1v) is 5.13. The fraction of sp³-hybridized carbons (Fsp3) is 0.500. The molecule has 1 N–H and O–H groups in total. The highest BCUT2D eigenvalue weighted by Crippen LogP contribution is 2.23. The van der Waals surface area contributed by atoms with Crippen molar-refractivity contribution in [3.63, 3.8) is 0 Å². The van der Waals surface area contributed by atoms with Crippen molar-refractivity contribution in [3.8, 4) is 0 Å². The van der Waals surface area contributed by atoms with Gasteiger partial charge in [0, 0.05) is 12.6 Å². The number of hydrogen-bond acceptors (Lipinski definition) is 5. The van der Waals surface area contributed by atoms with Gasteiger partial charge in [-0.05, 0) is 37.3 Å². The zero-order valence-corrected chi connectivity index (χ0v) is 9.85. The molecule has 6 heteroatoms. The zero-order valence-electron chi connectivity index (χ0n) is 9.85. The van der Waals surface area contributed by atoms with Gasteiger partial charge in [0.15, 0.2) is 0 Å². The molecule has 0 aliphatic rings. The van der Waals surface area contributed by atoms with Crippen molar-refractivity contribution in [2.24, 2.45) is 7.05 Å². The molecule has 86 valence electrons.